The van der Waals surface area contributed by atoms with E-state index in [1.807, 2.05) is 0 Å². The van der Waals surface area contributed by atoms with Gasteiger partial charge in [0.25, 0.3) is 0 Å². The smallest absolute Gasteiger partial charge is 0.132 e. The van der Waals surface area contributed by atoms with E-state index in [9.17, 15) is 4.39 Å². The van der Waals surface area contributed by atoms with E-state index in [1.165, 1.54) is 23.5 Å². The molecule has 1 aromatic carbocycles. The van der Waals surface area contributed by atoms with Gasteiger partial charge in [-0.15, -0.1) is 11.3 Å². The first-order chi connectivity index (χ1) is 7.74. The normalized spacial score (nSPS) is 10.1. The molecule has 1 aromatic heterocycles. The Balaban J connectivity index is 2.51. The molecule has 80 valence electrons. The maximum atomic E-state index is 12.8. The molecule has 0 fully saturated rings. The van der Waals surface area contributed by atoms with Crippen LogP contribution < -0.4 is 5.73 Å². The van der Waals surface area contributed by atoms with E-state index in [0.29, 0.717) is 22.1 Å². The van der Waals surface area contributed by atoms with Gasteiger partial charge in [0, 0.05) is 12.1 Å². The van der Waals surface area contributed by atoms with Crippen LogP contribution in [-0.4, -0.2) is 4.98 Å². The second-order valence-corrected chi connectivity index (χ2v) is 4.19. The van der Waals surface area contributed by atoms with Crippen LogP contribution in [0.3, 0.4) is 0 Å². The summed E-state index contributed by atoms with van der Waals surface area (Å²) in [7, 11) is 0. The largest absolute Gasteiger partial charge is 0.325 e. The van der Waals surface area contributed by atoms with E-state index < -0.39 is 0 Å². The predicted octanol–water partition coefficient (Wildman–Crippen LogP) is 2.28. The lowest BCUT2D eigenvalue weighted by Crippen LogP contribution is -1.94. The Kier molecular flexibility index (Phi) is 2.95. The summed E-state index contributed by atoms with van der Waals surface area (Å²) in [5.74, 6) is -0.309. The average Bonchev–Trinajstić information content (AvgIpc) is 2.73. The molecule has 0 amide bonds. The number of nitriles is 1. The predicted molar refractivity (Wildman–Crippen MR) is 60.1 cm³/mol. The number of rotatable bonds is 2. The Bertz CT molecular complexity index is 539. The number of thiazole rings is 1. The van der Waals surface area contributed by atoms with Gasteiger partial charge in [-0.2, -0.15) is 5.26 Å². The van der Waals surface area contributed by atoms with Crippen LogP contribution in [0, 0.1) is 17.1 Å². The molecule has 5 heteroatoms. The highest BCUT2D eigenvalue weighted by Gasteiger charge is 2.11. The number of aromatic nitrogens is 1. The summed E-state index contributed by atoms with van der Waals surface area (Å²) in [6, 6.07) is 7.97. The third kappa shape index (κ3) is 1.94. The van der Waals surface area contributed by atoms with Crippen molar-refractivity contribution in [1.82, 2.24) is 4.98 Å². The van der Waals surface area contributed by atoms with Crippen LogP contribution in [0.25, 0.3) is 11.3 Å². The molecule has 3 nitrogen and oxygen atoms in total. The third-order valence-electron chi connectivity index (χ3n) is 2.07. The van der Waals surface area contributed by atoms with E-state index in [4.69, 9.17) is 11.0 Å². The molecule has 2 aromatic rings. The van der Waals surface area contributed by atoms with Crippen molar-refractivity contribution in [2.75, 3.05) is 0 Å². The fraction of sp³-hybridized carbons (Fsp3) is 0.0909. The zero-order valence-corrected chi connectivity index (χ0v) is 9.09. The van der Waals surface area contributed by atoms with E-state index in [2.05, 4.69) is 11.1 Å². The molecular formula is C11H8FN3S. The monoisotopic (exact) mass is 233 g/mol. The van der Waals surface area contributed by atoms with Crippen LogP contribution >= 0.6 is 11.3 Å². The standard InChI is InChI=1S/C11H8FN3S/c12-8-3-1-7(2-4-8)11-9(5-13)16-10(6-14)15-11/h1-4H,6,14H2. The average molecular weight is 233 g/mol. The van der Waals surface area contributed by atoms with Crippen LogP contribution in [0.15, 0.2) is 24.3 Å². The number of nitrogens with two attached hydrogens (primary N) is 1. The second-order valence-electron chi connectivity index (χ2n) is 3.11. The van der Waals surface area contributed by atoms with Gasteiger partial charge in [-0.3, -0.25) is 0 Å². The Morgan fingerprint density at radius 2 is 2.06 bits per heavy atom. The maximum Gasteiger partial charge on any atom is 0.132 e. The van der Waals surface area contributed by atoms with Crippen LogP contribution in [0.4, 0.5) is 4.39 Å². The van der Waals surface area contributed by atoms with Crippen molar-refractivity contribution in [3.8, 4) is 17.3 Å². The lowest BCUT2D eigenvalue weighted by molar-refractivity contribution is 0.628. The molecule has 0 aliphatic heterocycles. The summed E-state index contributed by atoms with van der Waals surface area (Å²) in [6.45, 7) is 0.306. The first-order valence-electron chi connectivity index (χ1n) is 4.60. The Hall–Kier alpha value is -1.77. The van der Waals surface area contributed by atoms with Crippen LogP contribution in [0.5, 0.6) is 0 Å². The minimum absolute atomic E-state index is 0.306. The molecular weight excluding hydrogens is 225 g/mol. The molecule has 0 aliphatic carbocycles. The zero-order chi connectivity index (χ0) is 11.5. The Morgan fingerprint density at radius 1 is 1.38 bits per heavy atom. The van der Waals surface area contributed by atoms with Gasteiger partial charge in [0.1, 0.15) is 21.8 Å². The minimum atomic E-state index is -0.309. The molecule has 0 aliphatic rings. The molecule has 0 atom stereocenters. The first-order valence-corrected chi connectivity index (χ1v) is 5.42. The summed E-state index contributed by atoms with van der Waals surface area (Å²) in [5.41, 5.74) is 6.77. The number of hydrogen-bond donors (Lipinski definition) is 1. The molecule has 0 saturated carbocycles. The molecule has 0 radical (unpaired) electrons. The lowest BCUT2D eigenvalue weighted by Gasteiger charge is -1.96. The minimum Gasteiger partial charge on any atom is -0.325 e. The van der Waals surface area contributed by atoms with Gasteiger partial charge in [0.15, 0.2) is 0 Å². The number of benzene rings is 1. The Labute approximate surface area is 96.0 Å². The highest BCUT2D eigenvalue weighted by Crippen LogP contribution is 2.27. The summed E-state index contributed by atoms with van der Waals surface area (Å²) in [5, 5.41) is 9.65. The van der Waals surface area contributed by atoms with Gasteiger partial charge in [0.2, 0.25) is 0 Å². The van der Waals surface area contributed by atoms with Gasteiger partial charge >= 0.3 is 0 Å². The SMILES string of the molecule is N#Cc1sc(CN)nc1-c1ccc(F)cc1. The highest BCUT2D eigenvalue weighted by molar-refractivity contribution is 7.12. The molecule has 2 rings (SSSR count). The number of hydrogen-bond acceptors (Lipinski definition) is 4. The van der Waals surface area contributed by atoms with Gasteiger partial charge in [-0.1, -0.05) is 0 Å². The third-order valence-corrected chi connectivity index (χ3v) is 3.05. The summed E-state index contributed by atoms with van der Waals surface area (Å²) in [4.78, 5) is 4.75. The van der Waals surface area contributed by atoms with Crippen molar-refractivity contribution in [3.05, 3.63) is 40.0 Å². The second kappa shape index (κ2) is 4.39. The molecule has 0 saturated heterocycles. The summed E-state index contributed by atoms with van der Waals surface area (Å²) in [6.07, 6.45) is 0. The molecule has 16 heavy (non-hydrogen) atoms. The van der Waals surface area contributed by atoms with Crippen LogP contribution in [-0.2, 0) is 6.54 Å². The van der Waals surface area contributed by atoms with Crippen molar-refractivity contribution >= 4 is 11.3 Å². The van der Waals surface area contributed by atoms with E-state index in [1.54, 1.807) is 12.1 Å². The lowest BCUT2D eigenvalue weighted by atomic mass is 10.1. The fourth-order valence-electron chi connectivity index (χ4n) is 1.33. The van der Waals surface area contributed by atoms with E-state index >= 15 is 0 Å². The van der Waals surface area contributed by atoms with Gasteiger partial charge in [-0.05, 0) is 24.3 Å². The molecule has 0 bridgehead atoms. The first kappa shape index (κ1) is 10.7. The number of halogens is 1. The van der Waals surface area contributed by atoms with Crippen molar-refractivity contribution in [2.45, 2.75) is 6.54 Å². The van der Waals surface area contributed by atoms with Crippen LogP contribution in [0.2, 0.25) is 0 Å². The van der Waals surface area contributed by atoms with E-state index in [-0.39, 0.29) is 5.82 Å². The topological polar surface area (TPSA) is 62.7 Å². The molecule has 0 spiro atoms. The van der Waals surface area contributed by atoms with Crippen molar-refractivity contribution in [3.63, 3.8) is 0 Å². The molecule has 1 heterocycles. The van der Waals surface area contributed by atoms with Gasteiger partial charge in [0.05, 0.1) is 5.69 Å². The fourth-order valence-corrected chi connectivity index (χ4v) is 2.09. The number of nitrogens with zero attached hydrogens (tertiary/aromatic N) is 2. The molecule has 0 unspecified atom stereocenters. The van der Waals surface area contributed by atoms with Crippen LogP contribution in [0.1, 0.15) is 9.88 Å². The zero-order valence-electron chi connectivity index (χ0n) is 8.27. The van der Waals surface area contributed by atoms with Gasteiger partial charge < -0.3 is 5.73 Å². The van der Waals surface area contributed by atoms with Crippen molar-refractivity contribution in [2.24, 2.45) is 5.73 Å². The van der Waals surface area contributed by atoms with Crippen molar-refractivity contribution < 1.29 is 4.39 Å². The summed E-state index contributed by atoms with van der Waals surface area (Å²) < 4.78 is 12.8. The summed E-state index contributed by atoms with van der Waals surface area (Å²) >= 11 is 1.27. The Morgan fingerprint density at radius 3 is 2.62 bits per heavy atom. The highest BCUT2D eigenvalue weighted by atomic mass is 32.1. The maximum absolute atomic E-state index is 12.8. The van der Waals surface area contributed by atoms with E-state index in [0.717, 1.165) is 5.56 Å². The quantitative estimate of drug-likeness (QED) is 0.865. The van der Waals surface area contributed by atoms with Gasteiger partial charge in [-0.25, -0.2) is 9.37 Å². The molecule has 2 N–H and O–H groups in total. The van der Waals surface area contributed by atoms with Crippen molar-refractivity contribution in [1.29, 1.82) is 5.26 Å².